The molecule has 2 saturated heterocycles. The third-order valence-electron chi connectivity index (χ3n) is 6.45. The molecular weight excluding hydrogens is 454 g/mol. The van der Waals surface area contributed by atoms with Crippen LogP contribution in [0.15, 0.2) is 41.3 Å². The molecule has 2 heterocycles. The first-order valence-electron chi connectivity index (χ1n) is 11.3. The highest BCUT2D eigenvalue weighted by Gasteiger charge is 2.41. The molecule has 0 aliphatic carbocycles. The molecule has 9 heteroatoms. The maximum absolute atomic E-state index is 13.4. The Kier molecular flexibility index (Phi) is 6.10. The van der Waals surface area contributed by atoms with Gasteiger partial charge in [0.15, 0.2) is 9.84 Å². The summed E-state index contributed by atoms with van der Waals surface area (Å²) in [5.41, 5.74) is 3.44. The summed E-state index contributed by atoms with van der Waals surface area (Å²) in [4.78, 5) is 31.0. The molecule has 34 heavy (non-hydrogen) atoms. The van der Waals surface area contributed by atoms with Crippen LogP contribution in [0.1, 0.15) is 35.3 Å². The first-order chi connectivity index (χ1) is 15.9. The normalized spacial score (nSPS) is 18.3. The predicted molar refractivity (Wildman–Crippen MR) is 131 cm³/mol. The van der Waals surface area contributed by atoms with Crippen LogP contribution in [0.4, 0.5) is 16.2 Å². The van der Waals surface area contributed by atoms with Crippen LogP contribution < -0.4 is 9.80 Å². The van der Waals surface area contributed by atoms with Gasteiger partial charge in [-0.3, -0.25) is 9.69 Å². The third-order valence-corrected chi connectivity index (χ3v) is 7.59. The topological polar surface area (TPSA) is 87.2 Å². The van der Waals surface area contributed by atoms with Crippen molar-refractivity contribution in [3.05, 3.63) is 53.1 Å². The van der Waals surface area contributed by atoms with Gasteiger partial charge in [-0.25, -0.2) is 13.2 Å². The van der Waals surface area contributed by atoms with Crippen molar-refractivity contribution in [2.24, 2.45) is 0 Å². The van der Waals surface area contributed by atoms with Gasteiger partial charge in [0.05, 0.1) is 16.0 Å². The van der Waals surface area contributed by atoms with Crippen molar-refractivity contribution in [2.45, 2.75) is 38.1 Å². The Bertz CT molecular complexity index is 1250. The van der Waals surface area contributed by atoms with E-state index in [0.29, 0.717) is 31.9 Å². The highest BCUT2D eigenvalue weighted by molar-refractivity contribution is 7.90. The quantitative estimate of drug-likeness (QED) is 0.660. The molecule has 0 saturated carbocycles. The van der Waals surface area contributed by atoms with E-state index in [9.17, 15) is 18.0 Å². The minimum absolute atomic E-state index is 0.0812. The van der Waals surface area contributed by atoms with Gasteiger partial charge >= 0.3 is 6.09 Å². The molecular formula is C25H31N3O5S. The van der Waals surface area contributed by atoms with Crippen LogP contribution in [-0.2, 0) is 14.6 Å². The number of carbonyl (C=O) groups excluding carboxylic acids is 2. The van der Waals surface area contributed by atoms with Crippen LogP contribution in [0, 0.1) is 13.8 Å². The molecule has 2 fully saturated rings. The highest BCUT2D eigenvalue weighted by atomic mass is 32.2. The average molecular weight is 486 g/mol. The summed E-state index contributed by atoms with van der Waals surface area (Å²) in [6.07, 6.45) is 0.542. The van der Waals surface area contributed by atoms with Crippen LogP contribution in [0.3, 0.4) is 0 Å². The fourth-order valence-corrected chi connectivity index (χ4v) is 5.57. The predicted octanol–water partition coefficient (Wildman–Crippen LogP) is 3.40. The second kappa shape index (κ2) is 8.61. The van der Waals surface area contributed by atoms with E-state index >= 15 is 0 Å². The Balaban J connectivity index is 1.58. The van der Waals surface area contributed by atoms with Gasteiger partial charge in [0.1, 0.15) is 6.61 Å². The number of nitrogens with zero attached hydrogens (tertiary/aromatic N) is 3. The zero-order valence-corrected chi connectivity index (χ0v) is 21.1. The zero-order valence-electron chi connectivity index (χ0n) is 20.3. The number of benzene rings is 2. The molecule has 0 atom stereocenters. The van der Waals surface area contributed by atoms with Crippen LogP contribution in [0.2, 0.25) is 0 Å². The van der Waals surface area contributed by atoms with Crippen molar-refractivity contribution in [1.29, 1.82) is 0 Å². The minimum Gasteiger partial charge on any atom is -0.447 e. The van der Waals surface area contributed by atoms with Gasteiger partial charge in [-0.2, -0.15) is 0 Å². The summed E-state index contributed by atoms with van der Waals surface area (Å²) in [5.74, 6) is -0.324. The Hall–Kier alpha value is -3.07. The molecule has 0 unspecified atom stereocenters. The van der Waals surface area contributed by atoms with Crippen LogP contribution in [0.25, 0.3) is 0 Å². The van der Waals surface area contributed by atoms with E-state index in [-0.39, 0.29) is 23.0 Å². The number of cyclic esters (lactones) is 1. The number of anilines is 2. The number of aryl methyl sites for hydroxylation is 2. The number of sulfone groups is 1. The van der Waals surface area contributed by atoms with Crippen molar-refractivity contribution in [3.8, 4) is 0 Å². The monoisotopic (exact) mass is 485 g/mol. The second-order valence-corrected chi connectivity index (χ2v) is 11.7. The summed E-state index contributed by atoms with van der Waals surface area (Å²) >= 11 is 0. The molecule has 8 nitrogen and oxygen atoms in total. The second-order valence-electron chi connectivity index (χ2n) is 9.72. The lowest BCUT2D eigenvalue weighted by Crippen LogP contribution is -2.49. The fraction of sp³-hybridized carbons (Fsp3) is 0.440. The molecule has 4 rings (SSSR count). The summed E-state index contributed by atoms with van der Waals surface area (Å²) in [6.45, 7) is 10.3. The molecule has 2 aromatic rings. The van der Waals surface area contributed by atoms with E-state index in [2.05, 4.69) is 36.9 Å². The number of hydrogen-bond acceptors (Lipinski definition) is 6. The van der Waals surface area contributed by atoms with E-state index in [4.69, 9.17) is 4.74 Å². The molecule has 0 bridgehead atoms. The number of amides is 2. The molecule has 2 amide bonds. The number of hydrogen-bond donors (Lipinski definition) is 0. The molecule has 0 N–H and O–H groups in total. The Labute approximate surface area is 201 Å². The SMILES string of the molecule is Cc1ccc(N2CCN(C(=O)c3ccc(N4C(=O)OCC4(C)C)cc3S(C)(=O)=O)CC2)c(C)c1. The lowest BCUT2D eigenvalue weighted by molar-refractivity contribution is 0.0743. The van der Waals surface area contributed by atoms with E-state index in [0.717, 1.165) is 11.9 Å². The molecule has 182 valence electrons. The minimum atomic E-state index is -3.72. The molecule has 2 aliphatic rings. The summed E-state index contributed by atoms with van der Waals surface area (Å²) in [6, 6.07) is 10.9. The van der Waals surface area contributed by atoms with Crippen LogP contribution >= 0.6 is 0 Å². The summed E-state index contributed by atoms with van der Waals surface area (Å²) < 4.78 is 30.4. The Morgan fingerprint density at radius 3 is 2.24 bits per heavy atom. The standard InChI is InChI=1S/C25H31N3O5S/c1-17-6-9-21(18(2)14-17)26-10-12-27(13-11-26)23(29)20-8-7-19(15-22(20)34(5,31)32)28-24(30)33-16-25(28,3)4/h6-9,14-15H,10-13,16H2,1-5H3. The van der Waals surface area contributed by atoms with E-state index in [1.807, 2.05) is 13.8 Å². The third kappa shape index (κ3) is 4.49. The number of carbonyl (C=O) groups is 2. The number of ether oxygens (including phenoxy) is 1. The molecule has 2 aliphatic heterocycles. The van der Waals surface area contributed by atoms with Gasteiger partial charge < -0.3 is 14.5 Å². The van der Waals surface area contributed by atoms with E-state index in [1.165, 1.54) is 28.2 Å². The first-order valence-corrected chi connectivity index (χ1v) is 13.2. The van der Waals surface area contributed by atoms with E-state index in [1.54, 1.807) is 11.0 Å². The Morgan fingerprint density at radius 2 is 1.68 bits per heavy atom. The summed E-state index contributed by atoms with van der Waals surface area (Å²) in [5, 5.41) is 0. The Morgan fingerprint density at radius 1 is 1.00 bits per heavy atom. The van der Waals surface area contributed by atoms with Crippen molar-refractivity contribution < 1.29 is 22.7 Å². The maximum Gasteiger partial charge on any atom is 0.414 e. The zero-order chi connectivity index (χ0) is 24.8. The van der Waals surface area contributed by atoms with E-state index < -0.39 is 21.5 Å². The van der Waals surface area contributed by atoms with Crippen LogP contribution in [-0.4, -0.2) is 69.9 Å². The maximum atomic E-state index is 13.4. The lowest BCUT2D eigenvalue weighted by atomic mass is 10.0. The van der Waals surface area contributed by atoms with Gasteiger partial charge in [0.2, 0.25) is 0 Å². The lowest BCUT2D eigenvalue weighted by Gasteiger charge is -2.37. The van der Waals surface area contributed by atoms with Gasteiger partial charge in [0, 0.05) is 43.8 Å². The van der Waals surface area contributed by atoms with Crippen molar-refractivity contribution >= 4 is 33.2 Å². The average Bonchev–Trinajstić information content (AvgIpc) is 3.04. The smallest absolute Gasteiger partial charge is 0.414 e. The van der Waals surface area contributed by atoms with Crippen LogP contribution in [0.5, 0.6) is 0 Å². The molecule has 0 spiro atoms. The largest absolute Gasteiger partial charge is 0.447 e. The van der Waals surface area contributed by atoms with Crippen molar-refractivity contribution in [1.82, 2.24) is 4.90 Å². The van der Waals surface area contributed by atoms with Gasteiger partial charge in [-0.05, 0) is 57.5 Å². The van der Waals surface area contributed by atoms with Gasteiger partial charge in [0.25, 0.3) is 5.91 Å². The molecule has 2 aromatic carbocycles. The number of piperazine rings is 1. The molecule has 0 radical (unpaired) electrons. The fourth-order valence-electron chi connectivity index (χ4n) is 4.68. The first kappa shape index (κ1) is 24.1. The highest BCUT2D eigenvalue weighted by Crippen LogP contribution is 2.33. The van der Waals surface area contributed by atoms with Crippen molar-refractivity contribution in [3.63, 3.8) is 0 Å². The van der Waals surface area contributed by atoms with Gasteiger partial charge in [-0.15, -0.1) is 0 Å². The van der Waals surface area contributed by atoms with Crippen molar-refractivity contribution in [2.75, 3.05) is 48.8 Å². The van der Waals surface area contributed by atoms with Gasteiger partial charge in [-0.1, -0.05) is 17.7 Å². The summed E-state index contributed by atoms with van der Waals surface area (Å²) in [7, 11) is -3.72. The molecule has 0 aromatic heterocycles. The number of rotatable bonds is 4.